The highest BCUT2D eigenvalue weighted by Gasteiger charge is 2.33. The minimum absolute atomic E-state index is 0.0553. The van der Waals surface area contributed by atoms with Gasteiger partial charge in [0.1, 0.15) is 28.8 Å². The Labute approximate surface area is 283 Å². The number of hydrogen-bond donors (Lipinski definition) is 5. The maximum absolute atomic E-state index is 11.3. The van der Waals surface area contributed by atoms with Crippen LogP contribution >= 0.6 is 0 Å². The fourth-order valence-electron chi connectivity index (χ4n) is 5.82. The van der Waals surface area contributed by atoms with Crippen LogP contribution in [0.5, 0.6) is 17.2 Å². The van der Waals surface area contributed by atoms with Crippen molar-refractivity contribution in [3.8, 4) is 17.2 Å². The number of nitrogens with one attached hydrogen (secondary N) is 3. The zero-order valence-electron chi connectivity index (χ0n) is 29.5. The lowest BCUT2D eigenvalue weighted by Crippen LogP contribution is -2.59. The molecule has 1 aliphatic rings. The van der Waals surface area contributed by atoms with E-state index in [1.54, 1.807) is 19.3 Å². The van der Waals surface area contributed by atoms with Crippen molar-refractivity contribution in [2.75, 3.05) is 20.3 Å². The van der Waals surface area contributed by atoms with Crippen molar-refractivity contribution in [3.05, 3.63) is 89.4 Å². The first kappa shape index (κ1) is 38.0. The Morgan fingerprint density at radius 3 is 2.06 bits per heavy atom. The molecule has 1 heterocycles. The average Bonchev–Trinajstić information content (AvgIpc) is 3.08. The second-order valence-corrected chi connectivity index (χ2v) is 12.5. The molecule has 5 unspecified atom stereocenters. The Bertz CT molecular complexity index is 1290. The Balaban J connectivity index is 1.83. The minimum atomic E-state index is -0.477. The van der Waals surface area contributed by atoms with Gasteiger partial charge in [-0.25, -0.2) is 0 Å². The summed E-state index contributed by atoms with van der Waals surface area (Å²) in [5, 5.41) is 33.2. The molecule has 0 amide bonds. The summed E-state index contributed by atoms with van der Waals surface area (Å²) < 4.78 is 17.4. The van der Waals surface area contributed by atoms with E-state index in [2.05, 4.69) is 50.2 Å². The lowest BCUT2D eigenvalue weighted by atomic mass is 10.0. The van der Waals surface area contributed by atoms with Crippen molar-refractivity contribution in [2.24, 2.45) is 11.8 Å². The number of unbranched alkanes of at least 4 members (excludes halogenated alkanes) is 2. The third-order valence-corrected chi connectivity index (χ3v) is 9.05. The topological polar surface area (TPSA) is 104 Å². The van der Waals surface area contributed by atoms with Crippen molar-refractivity contribution < 1.29 is 24.4 Å². The molecule has 0 saturated carbocycles. The summed E-state index contributed by atoms with van der Waals surface area (Å²) in [7, 11) is 1.64. The molecular formula is C39H59N3O5. The van der Waals surface area contributed by atoms with Gasteiger partial charge in [-0.1, -0.05) is 91.0 Å². The molecule has 3 rings (SSSR count). The molecular weight excluding hydrogens is 590 g/mol. The van der Waals surface area contributed by atoms with Crippen LogP contribution < -0.4 is 25.4 Å². The van der Waals surface area contributed by atoms with Gasteiger partial charge in [0.25, 0.3) is 0 Å². The van der Waals surface area contributed by atoms with E-state index in [4.69, 9.17) is 14.2 Å². The minimum Gasteiger partial charge on any atom is -0.507 e. The maximum Gasteiger partial charge on any atom is 0.125 e. The molecule has 1 fully saturated rings. The first-order valence-corrected chi connectivity index (χ1v) is 17.5. The van der Waals surface area contributed by atoms with Gasteiger partial charge in [0.15, 0.2) is 0 Å². The van der Waals surface area contributed by atoms with Crippen LogP contribution in [0.3, 0.4) is 0 Å². The number of aliphatic hydroxyl groups excluding tert-OH is 1. The zero-order valence-corrected chi connectivity index (χ0v) is 29.5. The summed E-state index contributed by atoms with van der Waals surface area (Å²) in [5.74, 6) is 2.96. The highest BCUT2D eigenvalue weighted by atomic mass is 16.5. The van der Waals surface area contributed by atoms with E-state index < -0.39 is 12.3 Å². The number of hydrogen-bond acceptors (Lipinski definition) is 8. The van der Waals surface area contributed by atoms with Gasteiger partial charge in [0.2, 0.25) is 0 Å². The van der Waals surface area contributed by atoms with Crippen LogP contribution in [0.4, 0.5) is 0 Å². The molecule has 260 valence electrons. The van der Waals surface area contributed by atoms with Gasteiger partial charge in [-0.2, -0.15) is 0 Å². The summed E-state index contributed by atoms with van der Waals surface area (Å²) in [6.45, 7) is 15.9. The van der Waals surface area contributed by atoms with Crippen molar-refractivity contribution in [3.63, 3.8) is 0 Å². The standard InChI is InChI=1S/C39H59N3O5/c1-8-13-15-28(10-3)25-46-27(6)23-35(43)33(12-5)38-40-37(30-17-19-31(45-7)20-18-30)41-39(42-38)34-22-21-32(24-36(34)44)47-26-29(11-4)16-14-9-2/h12,17-24,28-29,37-44H,6,8-11,13-16,25-26H2,1-5,7H3/b33-12+,35-23+. The number of ether oxygens (including phenoxy) is 3. The lowest BCUT2D eigenvalue weighted by Gasteiger charge is -2.40. The second-order valence-electron chi connectivity index (χ2n) is 12.5. The van der Waals surface area contributed by atoms with Gasteiger partial charge < -0.3 is 24.4 Å². The quantitative estimate of drug-likeness (QED) is 0.0716. The summed E-state index contributed by atoms with van der Waals surface area (Å²) >= 11 is 0. The third kappa shape index (κ3) is 11.6. The van der Waals surface area contributed by atoms with E-state index in [0.29, 0.717) is 47.7 Å². The predicted octanol–water partition coefficient (Wildman–Crippen LogP) is 8.94. The van der Waals surface area contributed by atoms with Crippen LogP contribution in [0.25, 0.3) is 0 Å². The van der Waals surface area contributed by atoms with Crippen LogP contribution in [0, 0.1) is 11.8 Å². The Kier molecular flexibility index (Phi) is 16.2. The normalized spacial score (nSPS) is 20.0. The van der Waals surface area contributed by atoms with Crippen molar-refractivity contribution in [1.29, 1.82) is 0 Å². The maximum atomic E-state index is 11.3. The summed E-state index contributed by atoms with van der Waals surface area (Å²) in [6.07, 6.45) is 11.2. The van der Waals surface area contributed by atoms with Crippen molar-refractivity contribution in [2.45, 2.75) is 104 Å². The average molecular weight is 650 g/mol. The van der Waals surface area contributed by atoms with Gasteiger partial charge in [0.05, 0.1) is 38.8 Å². The Morgan fingerprint density at radius 2 is 1.49 bits per heavy atom. The van der Waals surface area contributed by atoms with E-state index in [-0.39, 0.29) is 17.7 Å². The molecule has 0 spiro atoms. The van der Waals surface area contributed by atoms with Gasteiger partial charge in [-0.05, 0) is 61.4 Å². The van der Waals surface area contributed by atoms with Gasteiger partial charge in [0, 0.05) is 23.3 Å². The summed E-state index contributed by atoms with van der Waals surface area (Å²) in [5.41, 5.74) is 2.28. The highest BCUT2D eigenvalue weighted by molar-refractivity contribution is 5.43. The third-order valence-electron chi connectivity index (χ3n) is 9.05. The van der Waals surface area contributed by atoms with Gasteiger partial charge >= 0.3 is 0 Å². The number of allylic oxidation sites excluding steroid dienone is 2. The fraction of sp³-hybridized carbons (Fsp3) is 0.538. The van der Waals surface area contributed by atoms with E-state index in [0.717, 1.165) is 43.4 Å². The number of aliphatic hydroxyl groups is 1. The lowest BCUT2D eigenvalue weighted by molar-refractivity contribution is 0.164. The van der Waals surface area contributed by atoms with E-state index in [1.165, 1.54) is 19.3 Å². The van der Waals surface area contributed by atoms with E-state index >= 15 is 0 Å². The van der Waals surface area contributed by atoms with Crippen molar-refractivity contribution >= 4 is 0 Å². The highest BCUT2D eigenvalue weighted by Crippen LogP contribution is 2.33. The van der Waals surface area contributed by atoms with Gasteiger partial charge in [-0.15, -0.1) is 0 Å². The van der Waals surface area contributed by atoms with E-state index in [1.807, 2.05) is 49.4 Å². The Hall–Kier alpha value is -3.46. The van der Waals surface area contributed by atoms with Crippen LogP contribution in [0.15, 0.2) is 78.3 Å². The first-order chi connectivity index (χ1) is 22.8. The molecule has 47 heavy (non-hydrogen) atoms. The molecule has 8 heteroatoms. The molecule has 8 nitrogen and oxygen atoms in total. The molecule has 0 aromatic heterocycles. The van der Waals surface area contributed by atoms with Crippen LogP contribution in [0.2, 0.25) is 0 Å². The number of phenols is 1. The molecule has 0 radical (unpaired) electrons. The predicted molar refractivity (Wildman–Crippen MR) is 191 cm³/mol. The van der Waals surface area contributed by atoms with Crippen LogP contribution in [-0.2, 0) is 4.74 Å². The zero-order chi connectivity index (χ0) is 34.2. The van der Waals surface area contributed by atoms with Crippen molar-refractivity contribution in [1.82, 2.24) is 16.0 Å². The number of phenolic OH excluding ortho intramolecular Hbond substituents is 1. The molecule has 0 aliphatic carbocycles. The monoisotopic (exact) mass is 649 g/mol. The SMILES string of the molecule is C=C(/C=C(O)\C(=C/C)C1NC(c2ccc(OC)cc2)NC(c2ccc(OCC(CC)CCCC)cc2O)N1)OCC(CC)CCCC. The fourth-order valence-corrected chi connectivity index (χ4v) is 5.82. The molecule has 2 aromatic carbocycles. The summed E-state index contributed by atoms with van der Waals surface area (Å²) in [6, 6.07) is 13.3. The Morgan fingerprint density at radius 1 is 0.872 bits per heavy atom. The molecule has 0 bridgehead atoms. The smallest absolute Gasteiger partial charge is 0.125 e. The van der Waals surface area contributed by atoms with Crippen LogP contribution in [0.1, 0.15) is 109 Å². The first-order valence-electron chi connectivity index (χ1n) is 17.5. The molecule has 5 atom stereocenters. The molecule has 2 aromatic rings. The number of aromatic hydroxyl groups is 1. The second kappa shape index (κ2) is 20.0. The van der Waals surface area contributed by atoms with Gasteiger partial charge in [-0.3, -0.25) is 16.0 Å². The number of benzene rings is 2. The molecule has 1 aliphatic heterocycles. The number of rotatable bonds is 20. The van der Waals surface area contributed by atoms with Crippen LogP contribution in [-0.4, -0.2) is 36.7 Å². The molecule has 5 N–H and O–H groups in total. The summed E-state index contributed by atoms with van der Waals surface area (Å²) in [4.78, 5) is 0. The largest absolute Gasteiger partial charge is 0.507 e. The number of methoxy groups -OCH3 is 1. The molecule has 1 saturated heterocycles. The van der Waals surface area contributed by atoms with E-state index in [9.17, 15) is 10.2 Å².